The van der Waals surface area contributed by atoms with Crippen LogP contribution in [0.5, 0.6) is 0 Å². The van der Waals surface area contributed by atoms with Crippen LogP contribution in [0.2, 0.25) is 0 Å². The summed E-state index contributed by atoms with van der Waals surface area (Å²) < 4.78 is 0. The summed E-state index contributed by atoms with van der Waals surface area (Å²) in [7, 11) is 0. The predicted octanol–water partition coefficient (Wildman–Crippen LogP) is -0.706. The van der Waals surface area contributed by atoms with Gasteiger partial charge in [0.2, 0.25) is 35.4 Å². The van der Waals surface area contributed by atoms with Crippen LogP contribution in [0.1, 0.15) is 72.6 Å². The summed E-state index contributed by atoms with van der Waals surface area (Å²) in [6, 6.07) is 0. The van der Waals surface area contributed by atoms with Gasteiger partial charge in [-0.05, 0) is 19.3 Å². The number of nitrogens with zero attached hydrogens (tertiary/aromatic N) is 2. The lowest BCUT2D eigenvalue weighted by Gasteiger charge is -2.19. The van der Waals surface area contributed by atoms with E-state index >= 15 is 0 Å². The topological polar surface area (TPSA) is 191 Å². The average molecular weight is 551 g/mol. The van der Waals surface area contributed by atoms with E-state index in [-0.39, 0.29) is 12.8 Å². The van der Waals surface area contributed by atoms with Crippen molar-refractivity contribution in [1.29, 1.82) is 0 Å². The minimum Gasteiger partial charge on any atom is -0.274 e. The van der Waals surface area contributed by atoms with Crippen LogP contribution >= 0.6 is 0 Å². The van der Waals surface area contributed by atoms with Crippen LogP contribution in [-0.2, 0) is 38.4 Å². The van der Waals surface area contributed by atoms with Gasteiger partial charge < -0.3 is 0 Å². The maximum atomic E-state index is 12.6. The van der Waals surface area contributed by atoms with Gasteiger partial charge in [-0.15, -0.1) is 0 Å². The number of carbonyl (C=O) groups is 8. The van der Waals surface area contributed by atoms with E-state index in [9.17, 15) is 38.4 Å². The molecule has 0 radical (unpaired) electrons. The van der Waals surface area contributed by atoms with Crippen molar-refractivity contribution < 1.29 is 38.4 Å². The van der Waals surface area contributed by atoms with E-state index in [2.05, 4.69) is 21.7 Å². The lowest BCUT2D eigenvalue weighted by molar-refractivity contribution is -0.144. The lowest BCUT2D eigenvalue weighted by atomic mass is 9.93. The van der Waals surface area contributed by atoms with Gasteiger partial charge in [0.05, 0.1) is 0 Å². The van der Waals surface area contributed by atoms with E-state index < -0.39 is 84.0 Å². The Morgan fingerprint density at radius 2 is 1.21 bits per heavy atom. The second-order valence-electron chi connectivity index (χ2n) is 10.2. The molecule has 4 unspecified atom stereocenters. The fraction of sp³-hybridized carbons (Fsp3) is 0.680. The Balaban J connectivity index is 1.70. The second-order valence-corrected chi connectivity index (χ2v) is 10.2. The Bertz CT molecular complexity index is 1010. The molecule has 39 heavy (non-hydrogen) atoms. The minimum absolute atomic E-state index is 0.0544. The molecule has 0 saturated carbocycles. The van der Waals surface area contributed by atoms with Gasteiger partial charge in [0, 0.05) is 36.5 Å². The van der Waals surface area contributed by atoms with Gasteiger partial charge in [0.25, 0.3) is 11.8 Å². The maximum absolute atomic E-state index is 12.6. The number of likely N-dealkylation sites (tertiary alicyclic amines) is 2. The van der Waals surface area contributed by atoms with Crippen molar-refractivity contribution >= 4 is 47.3 Å². The summed E-state index contributed by atoms with van der Waals surface area (Å²) >= 11 is 0. The first-order valence-electron chi connectivity index (χ1n) is 13.2. The largest absolute Gasteiger partial charge is 0.274 e. The quantitative estimate of drug-likeness (QED) is 0.181. The van der Waals surface area contributed by atoms with Gasteiger partial charge in [0.1, 0.15) is 13.1 Å². The molecular weight excluding hydrogens is 512 g/mol. The van der Waals surface area contributed by atoms with Gasteiger partial charge >= 0.3 is 0 Å². The molecule has 8 amide bonds. The SMILES string of the molecule is CCCC(CCCC(C)C(=O)NNC(=O)CN1C(=O)CC(C)C1=O)C(=O)NNC(=O)CN1C(=O)CC(C)C1=O. The van der Waals surface area contributed by atoms with Crippen molar-refractivity contribution in [3.8, 4) is 0 Å². The van der Waals surface area contributed by atoms with E-state index in [1.54, 1.807) is 20.8 Å². The Morgan fingerprint density at radius 1 is 0.744 bits per heavy atom. The number of rotatable bonds is 12. The molecule has 2 aliphatic rings. The molecule has 2 aliphatic heterocycles. The van der Waals surface area contributed by atoms with Crippen molar-refractivity contribution in [2.24, 2.45) is 23.7 Å². The first-order valence-corrected chi connectivity index (χ1v) is 13.2. The molecule has 216 valence electrons. The first kappa shape index (κ1) is 31.4. The number of hydrogen-bond acceptors (Lipinski definition) is 8. The molecule has 0 aromatic carbocycles. The highest BCUT2D eigenvalue weighted by Crippen LogP contribution is 2.20. The molecule has 4 atom stereocenters. The smallest absolute Gasteiger partial charge is 0.258 e. The molecule has 2 heterocycles. The van der Waals surface area contributed by atoms with E-state index in [1.807, 2.05) is 6.92 Å². The summed E-state index contributed by atoms with van der Waals surface area (Å²) in [6.45, 7) is 5.85. The monoisotopic (exact) mass is 550 g/mol. The third kappa shape index (κ3) is 8.86. The van der Waals surface area contributed by atoms with Crippen molar-refractivity contribution in [1.82, 2.24) is 31.5 Å². The van der Waals surface area contributed by atoms with Crippen LogP contribution in [0.25, 0.3) is 0 Å². The molecule has 14 heteroatoms. The Labute approximate surface area is 226 Å². The molecule has 0 aromatic heterocycles. The lowest BCUT2D eigenvalue weighted by Crippen LogP contribution is -2.49. The number of hydrazine groups is 2. The second kappa shape index (κ2) is 14.4. The summed E-state index contributed by atoms with van der Waals surface area (Å²) in [5.74, 6) is -5.82. The van der Waals surface area contributed by atoms with Crippen molar-refractivity contribution in [2.75, 3.05) is 13.1 Å². The fourth-order valence-corrected chi connectivity index (χ4v) is 4.44. The van der Waals surface area contributed by atoms with Crippen LogP contribution < -0.4 is 21.7 Å². The van der Waals surface area contributed by atoms with Crippen LogP contribution in [0, 0.1) is 23.7 Å². The highest BCUT2D eigenvalue weighted by atomic mass is 16.2. The molecular formula is C25H38N6O8. The summed E-state index contributed by atoms with van der Waals surface area (Å²) in [5, 5.41) is 0. The maximum Gasteiger partial charge on any atom is 0.258 e. The van der Waals surface area contributed by atoms with Gasteiger partial charge in [-0.3, -0.25) is 69.9 Å². The zero-order valence-corrected chi connectivity index (χ0v) is 22.8. The van der Waals surface area contributed by atoms with Crippen molar-refractivity contribution in [2.45, 2.75) is 72.6 Å². The minimum atomic E-state index is -0.693. The fourth-order valence-electron chi connectivity index (χ4n) is 4.44. The van der Waals surface area contributed by atoms with Gasteiger partial charge in [-0.1, -0.05) is 40.5 Å². The summed E-state index contributed by atoms with van der Waals surface area (Å²) in [4.78, 5) is 98.3. The standard InChI is InChI=1S/C25H38N6O8/c1-5-7-17(23(37)29-27-19(33)13-31-21(35)11-16(4)25(31)39)9-6-8-14(2)22(36)28-26-18(32)12-30-20(34)10-15(3)24(30)38/h14-17H,5-13H2,1-4H3,(H,26,32)(H,27,33)(H,28,36)(H,29,37). The van der Waals surface area contributed by atoms with E-state index in [0.29, 0.717) is 32.1 Å². The zero-order chi connectivity index (χ0) is 29.3. The Morgan fingerprint density at radius 3 is 1.62 bits per heavy atom. The van der Waals surface area contributed by atoms with E-state index in [4.69, 9.17) is 0 Å². The van der Waals surface area contributed by atoms with Gasteiger partial charge in [-0.2, -0.15) is 0 Å². The Kier molecular flexibility index (Phi) is 11.5. The van der Waals surface area contributed by atoms with Gasteiger partial charge in [0.15, 0.2) is 0 Å². The van der Waals surface area contributed by atoms with Crippen molar-refractivity contribution in [3.05, 3.63) is 0 Å². The molecule has 2 rings (SSSR count). The zero-order valence-electron chi connectivity index (χ0n) is 22.8. The molecule has 4 N–H and O–H groups in total. The first-order chi connectivity index (χ1) is 18.3. The third-order valence-corrected chi connectivity index (χ3v) is 6.84. The number of imide groups is 2. The molecule has 0 bridgehead atoms. The number of carbonyl (C=O) groups excluding carboxylic acids is 8. The van der Waals surface area contributed by atoms with Crippen LogP contribution in [0.15, 0.2) is 0 Å². The third-order valence-electron chi connectivity index (χ3n) is 6.84. The normalized spacial score (nSPS) is 20.6. The number of hydrogen-bond donors (Lipinski definition) is 4. The summed E-state index contributed by atoms with van der Waals surface area (Å²) in [5.41, 5.74) is 9.09. The molecule has 0 aliphatic carbocycles. The molecule has 2 saturated heterocycles. The predicted molar refractivity (Wildman–Crippen MR) is 135 cm³/mol. The molecule has 14 nitrogen and oxygen atoms in total. The van der Waals surface area contributed by atoms with Crippen molar-refractivity contribution in [3.63, 3.8) is 0 Å². The molecule has 0 spiro atoms. The van der Waals surface area contributed by atoms with Gasteiger partial charge in [-0.25, -0.2) is 0 Å². The van der Waals surface area contributed by atoms with E-state index in [1.165, 1.54) is 0 Å². The molecule has 2 fully saturated rings. The van der Waals surface area contributed by atoms with Crippen LogP contribution in [0.4, 0.5) is 0 Å². The molecule has 0 aromatic rings. The van der Waals surface area contributed by atoms with E-state index in [0.717, 1.165) is 9.80 Å². The highest BCUT2D eigenvalue weighted by molar-refractivity contribution is 6.06. The number of nitrogens with one attached hydrogen (secondary N) is 4. The average Bonchev–Trinajstić information content (AvgIpc) is 3.27. The highest BCUT2D eigenvalue weighted by Gasteiger charge is 2.37. The van der Waals surface area contributed by atoms with Crippen LogP contribution in [-0.4, -0.2) is 70.1 Å². The summed E-state index contributed by atoms with van der Waals surface area (Å²) in [6.07, 6.45) is 2.74. The van der Waals surface area contributed by atoms with Crippen LogP contribution in [0.3, 0.4) is 0 Å². The Hall–Kier alpha value is -3.84. The number of amides is 8.